The lowest BCUT2D eigenvalue weighted by Gasteiger charge is -2.28. The van der Waals surface area contributed by atoms with E-state index >= 15 is 0 Å². The topological polar surface area (TPSA) is 103 Å². The molecule has 0 spiro atoms. The van der Waals surface area contributed by atoms with Gasteiger partial charge in [0.15, 0.2) is 0 Å². The summed E-state index contributed by atoms with van der Waals surface area (Å²) in [5.41, 5.74) is 4.69. The van der Waals surface area contributed by atoms with E-state index in [-0.39, 0.29) is 11.3 Å². The smallest absolute Gasteiger partial charge is 0.274 e. The Morgan fingerprint density at radius 1 is 1.28 bits per heavy atom. The largest absolute Gasteiger partial charge is 0.366 e. The van der Waals surface area contributed by atoms with Crippen molar-refractivity contribution in [1.29, 1.82) is 0 Å². The van der Waals surface area contributed by atoms with Crippen molar-refractivity contribution in [2.75, 3.05) is 49.3 Å². The first kappa shape index (κ1) is 23.7. The molecule has 3 rings (SSSR count). The normalized spacial score (nSPS) is 16.0. The van der Waals surface area contributed by atoms with Crippen molar-refractivity contribution in [3.05, 3.63) is 35.4 Å². The fraction of sp³-hybridized carbons (Fsp3) is 0.522. The lowest BCUT2D eigenvalue weighted by Crippen LogP contribution is -2.30. The molecule has 32 heavy (non-hydrogen) atoms. The fourth-order valence-electron chi connectivity index (χ4n) is 3.71. The summed E-state index contributed by atoms with van der Waals surface area (Å²) < 4.78 is 0. The van der Waals surface area contributed by atoms with Crippen LogP contribution in [0.1, 0.15) is 43.1 Å². The van der Waals surface area contributed by atoms with Crippen LogP contribution in [-0.2, 0) is 4.84 Å². The highest BCUT2D eigenvalue weighted by Gasteiger charge is 2.19. The first-order valence-corrected chi connectivity index (χ1v) is 10.9. The van der Waals surface area contributed by atoms with Crippen LogP contribution in [-0.4, -0.2) is 55.7 Å². The van der Waals surface area contributed by atoms with Gasteiger partial charge in [-0.2, -0.15) is 9.97 Å². The quantitative estimate of drug-likeness (QED) is 0.464. The molecule has 9 nitrogen and oxygen atoms in total. The molecule has 2 heterocycles. The minimum atomic E-state index is -0.314. The lowest BCUT2D eigenvalue weighted by molar-refractivity contribution is 0.0537. The summed E-state index contributed by atoms with van der Waals surface area (Å²) in [7, 11) is 3.45. The first-order valence-electron chi connectivity index (χ1n) is 10.9. The first-order chi connectivity index (χ1) is 15.1. The van der Waals surface area contributed by atoms with E-state index in [9.17, 15) is 4.79 Å². The standard InChI is InChI=1S/C23H35N7O2/c1-15-7-8-16(21(31)29-32-6)11-18(15)26-22-27-19(25-17-9-10-24-13-17)12-20(28-22)30(5)14-23(2,3)4/h7-8,11-12,17,24H,9-10,13-14H2,1-6H3,(H,29,31)(H2,25,26,27,28)/t17-/m1/s1. The molecule has 1 saturated heterocycles. The Morgan fingerprint density at radius 3 is 2.72 bits per heavy atom. The van der Waals surface area contributed by atoms with Crippen molar-refractivity contribution in [3.8, 4) is 0 Å². The van der Waals surface area contributed by atoms with Gasteiger partial charge in [-0.3, -0.25) is 9.63 Å². The third-order valence-electron chi connectivity index (χ3n) is 5.17. The van der Waals surface area contributed by atoms with Gasteiger partial charge in [0.2, 0.25) is 5.95 Å². The average molecular weight is 442 g/mol. The van der Waals surface area contributed by atoms with Gasteiger partial charge in [0.05, 0.1) is 7.11 Å². The molecule has 1 aliphatic heterocycles. The van der Waals surface area contributed by atoms with Gasteiger partial charge in [0, 0.05) is 43.5 Å². The number of rotatable bonds is 8. The summed E-state index contributed by atoms with van der Waals surface area (Å²) in [6.07, 6.45) is 1.05. The van der Waals surface area contributed by atoms with Gasteiger partial charge in [-0.25, -0.2) is 5.48 Å². The number of carbonyl (C=O) groups is 1. The highest BCUT2D eigenvalue weighted by molar-refractivity contribution is 5.94. The van der Waals surface area contributed by atoms with Gasteiger partial charge in [-0.1, -0.05) is 26.8 Å². The highest BCUT2D eigenvalue weighted by Crippen LogP contribution is 2.26. The van der Waals surface area contributed by atoms with E-state index in [1.54, 1.807) is 12.1 Å². The summed E-state index contributed by atoms with van der Waals surface area (Å²) in [5.74, 6) is 1.77. The third kappa shape index (κ3) is 6.54. The van der Waals surface area contributed by atoms with Crippen LogP contribution in [0.3, 0.4) is 0 Å². The molecule has 1 fully saturated rings. The van der Waals surface area contributed by atoms with Gasteiger partial charge in [-0.05, 0) is 43.0 Å². The number of hydrogen-bond donors (Lipinski definition) is 4. The molecular weight excluding hydrogens is 406 g/mol. The molecular formula is C23H35N7O2. The third-order valence-corrected chi connectivity index (χ3v) is 5.17. The SMILES string of the molecule is CONC(=O)c1ccc(C)c(Nc2nc(N[C@@H]3CCNC3)cc(N(C)CC(C)(C)C)n2)c1. The van der Waals surface area contributed by atoms with Crippen molar-refractivity contribution < 1.29 is 9.63 Å². The molecule has 2 aromatic rings. The number of anilines is 4. The van der Waals surface area contributed by atoms with Gasteiger partial charge in [0.25, 0.3) is 5.91 Å². The van der Waals surface area contributed by atoms with E-state index in [0.29, 0.717) is 17.6 Å². The fourth-order valence-corrected chi connectivity index (χ4v) is 3.71. The molecule has 1 amide bonds. The van der Waals surface area contributed by atoms with Gasteiger partial charge < -0.3 is 20.9 Å². The number of hydroxylamine groups is 1. The molecule has 0 unspecified atom stereocenters. The van der Waals surface area contributed by atoms with Crippen LogP contribution >= 0.6 is 0 Å². The second kappa shape index (κ2) is 10.1. The summed E-state index contributed by atoms with van der Waals surface area (Å²) in [6, 6.07) is 7.73. The molecule has 0 aliphatic carbocycles. The number of benzene rings is 1. The van der Waals surface area contributed by atoms with E-state index < -0.39 is 0 Å². The minimum Gasteiger partial charge on any atom is -0.366 e. The van der Waals surface area contributed by atoms with Crippen molar-refractivity contribution in [1.82, 2.24) is 20.8 Å². The van der Waals surface area contributed by atoms with E-state index in [4.69, 9.17) is 14.8 Å². The van der Waals surface area contributed by atoms with Crippen molar-refractivity contribution >= 4 is 29.2 Å². The van der Waals surface area contributed by atoms with Crippen molar-refractivity contribution in [2.45, 2.75) is 40.2 Å². The number of nitrogens with one attached hydrogen (secondary N) is 4. The molecule has 0 bridgehead atoms. The minimum absolute atomic E-state index is 0.121. The van der Waals surface area contributed by atoms with Crippen LogP contribution in [0.2, 0.25) is 0 Å². The van der Waals surface area contributed by atoms with Crippen LogP contribution in [0.4, 0.5) is 23.3 Å². The lowest BCUT2D eigenvalue weighted by atomic mass is 9.96. The molecule has 0 radical (unpaired) electrons. The van der Waals surface area contributed by atoms with E-state index in [0.717, 1.165) is 48.9 Å². The summed E-state index contributed by atoms with van der Waals surface area (Å²) >= 11 is 0. The number of carbonyl (C=O) groups excluding carboxylic acids is 1. The Kier molecular flexibility index (Phi) is 7.52. The molecule has 4 N–H and O–H groups in total. The Hall–Kier alpha value is -2.91. The van der Waals surface area contributed by atoms with Gasteiger partial charge in [-0.15, -0.1) is 0 Å². The summed E-state index contributed by atoms with van der Waals surface area (Å²) in [6.45, 7) is 11.3. The molecule has 1 aromatic heterocycles. The Bertz CT molecular complexity index is 936. The maximum Gasteiger partial charge on any atom is 0.274 e. The molecule has 1 aromatic carbocycles. The van der Waals surface area contributed by atoms with Crippen molar-refractivity contribution in [3.63, 3.8) is 0 Å². The Morgan fingerprint density at radius 2 is 2.06 bits per heavy atom. The van der Waals surface area contributed by atoms with E-state index in [1.165, 1.54) is 7.11 Å². The number of amides is 1. The van der Waals surface area contributed by atoms with Gasteiger partial charge >= 0.3 is 0 Å². The van der Waals surface area contributed by atoms with Crippen LogP contribution in [0.5, 0.6) is 0 Å². The highest BCUT2D eigenvalue weighted by atomic mass is 16.6. The number of hydrogen-bond acceptors (Lipinski definition) is 8. The average Bonchev–Trinajstić information content (AvgIpc) is 3.21. The van der Waals surface area contributed by atoms with Crippen molar-refractivity contribution in [2.24, 2.45) is 5.41 Å². The summed E-state index contributed by atoms with van der Waals surface area (Å²) in [5, 5.41) is 10.2. The van der Waals surface area contributed by atoms with Crippen LogP contribution in [0.15, 0.2) is 24.3 Å². The summed E-state index contributed by atoms with van der Waals surface area (Å²) in [4.78, 5) is 28.5. The Balaban J connectivity index is 1.91. The molecule has 1 atom stereocenters. The number of aromatic nitrogens is 2. The zero-order valence-electron chi connectivity index (χ0n) is 19.9. The number of aryl methyl sites for hydroxylation is 1. The molecule has 0 saturated carbocycles. The molecule has 1 aliphatic rings. The van der Waals surface area contributed by atoms with Crippen LogP contribution in [0, 0.1) is 12.3 Å². The van der Waals surface area contributed by atoms with Crippen LogP contribution < -0.4 is 26.3 Å². The number of nitrogens with zero attached hydrogens (tertiary/aromatic N) is 3. The second-order valence-electron chi connectivity index (χ2n) is 9.48. The molecule has 174 valence electrons. The maximum atomic E-state index is 12.2. The van der Waals surface area contributed by atoms with E-state index in [1.807, 2.05) is 26.1 Å². The maximum absolute atomic E-state index is 12.2. The van der Waals surface area contributed by atoms with Crippen LogP contribution in [0.25, 0.3) is 0 Å². The monoisotopic (exact) mass is 441 g/mol. The predicted octanol–water partition coefficient (Wildman–Crippen LogP) is 3.08. The second-order valence-corrected chi connectivity index (χ2v) is 9.48. The van der Waals surface area contributed by atoms with Gasteiger partial charge in [0.1, 0.15) is 11.6 Å². The predicted molar refractivity (Wildman–Crippen MR) is 129 cm³/mol. The Labute approximate surface area is 190 Å². The molecule has 9 heteroatoms. The zero-order valence-corrected chi connectivity index (χ0v) is 19.9. The zero-order chi connectivity index (χ0) is 23.3. The van der Waals surface area contributed by atoms with E-state index in [2.05, 4.69) is 47.1 Å².